The van der Waals surface area contributed by atoms with E-state index in [1.165, 1.54) is 12.7 Å². The Labute approximate surface area is 178 Å². The summed E-state index contributed by atoms with van der Waals surface area (Å²) in [4.78, 5) is 27.9. The van der Waals surface area contributed by atoms with Crippen molar-refractivity contribution in [1.82, 2.24) is 19.9 Å². The molecule has 0 saturated carbocycles. The maximum absolute atomic E-state index is 11.2. The Morgan fingerprint density at radius 1 is 1.03 bits per heavy atom. The van der Waals surface area contributed by atoms with Crippen LogP contribution in [0.2, 0.25) is 0 Å². The molecule has 0 fully saturated rings. The number of hydrogen-bond acceptors (Lipinski definition) is 8. The summed E-state index contributed by atoms with van der Waals surface area (Å²) in [5, 5.41) is 12.3. The number of carbonyl (C=O) groups is 1. The first-order valence-corrected chi connectivity index (χ1v) is 9.75. The highest BCUT2D eigenvalue weighted by Gasteiger charge is 2.23. The van der Waals surface area contributed by atoms with Crippen LogP contribution in [0.4, 0.5) is 6.01 Å². The molecule has 9 nitrogen and oxygen atoms in total. The fourth-order valence-electron chi connectivity index (χ4n) is 3.14. The van der Waals surface area contributed by atoms with Crippen LogP contribution in [0.5, 0.6) is 0 Å². The van der Waals surface area contributed by atoms with E-state index in [0.29, 0.717) is 22.8 Å². The van der Waals surface area contributed by atoms with Crippen molar-refractivity contribution in [2.75, 3.05) is 5.32 Å². The van der Waals surface area contributed by atoms with Gasteiger partial charge in [-0.25, -0.2) is 15.0 Å². The highest BCUT2D eigenvalue weighted by atomic mass is 16.4. The van der Waals surface area contributed by atoms with E-state index in [1.807, 2.05) is 38.1 Å². The maximum atomic E-state index is 11.2. The lowest BCUT2D eigenvalue weighted by Crippen LogP contribution is -2.28. The van der Waals surface area contributed by atoms with Crippen LogP contribution in [0.1, 0.15) is 20.3 Å². The summed E-state index contributed by atoms with van der Waals surface area (Å²) in [6, 6.07) is 7.54. The van der Waals surface area contributed by atoms with Gasteiger partial charge in [0.1, 0.15) is 12.0 Å². The zero-order chi connectivity index (χ0) is 21.8. The van der Waals surface area contributed by atoms with Gasteiger partial charge in [-0.1, -0.05) is 38.1 Å². The van der Waals surface area contributed by atoms with Crippen molar-refractivity contribution < 1.29 is 18.7 Å². The molecule has 0 spiro atoms. The van der Waals surface area contributed by atoms with Crippen molar-refractivity contribution in [2.24, 2.45) is 5.92 Å². The van der Waals surface area contributed by atoms with E-state index in [0.717, 1.165) is 11.1 Å². The van der Waals surface area contributed by atoms with Crippen molar-refractivity contribution in [3.8, 4) is 33.9 Å². The van der Waals surface area contributed by atoms with Gasteiger partial charge in [0.05, 0.1) is 18.2 Å². The van der Waals surface area contributed by atoms with Gasteiger partial charge in [0.25, 0.3) is 6.01 Å². The highest BCUT2D eigenvalue weighted by molar-refractivity contribution is 5.78. The average molecular weight is 419 g/mol. The van der Waals surface area contributed by atoms with Gasteiger partial charge >= 0.3 is 5.97 Å². The molecular weight excluding hydrogens is 398 g/mol. The minimum atomic E-state index is -0.891. The molecule has 1 unspecified atom stereocenters. The van der Waals surface area contributed by atoms with Crippen molar-refractivity contribution in [3.63, 3.8) is 0 Å². The minimum absolute atomic E-state index is 0.0506. The standard InChI is InChI=1S/C22H21N5O4/c1-13(2)17(7-19(28)29)26-22-27-20(21(31-22)16-8-23-11-24-9-16)15-5-3-14(4-6-15)18-10-25-12-30-18/h3-6,8-13,17H,7H2,1-2H3,(H,26,27)(H,28,29). The second kappa shape index (κ2) is 8.78. The summed E-state index contributed by atoms with van der Waals surface area (Å²) in [6.45, 7) is 3.89. The Bertz CT molecular complexity index is 1140. The number of aliphatic carboxylic acids is 1. The molecule has 0 saturated heterocycles. The molecule has 1 atom stereocenters. The molecule has 4 aromatic rings. The maximum Gasteiger partial charge on any atom is 0.305 e. The number of rotatable bonds is 8. The van der Waals surface area contributed by atoms with E-state index in [2.05, 4.69) is 25.3 Å². The van der Waals surface area contributed by atoms with Gasteiger partial charge in [-0.05, 0) is 5.92 Å². The smallest absolute Gasteiger partial charge is 0.305 e. The number of nitrogens with one attached hydrogen (secondary N) is 1. The molecule has 0 aliphatic heterocycles. The van der Waals surface area contributed by atoms with Crippen molar-refractivity contribution in [3.05, 3.63) is 55.6 Å². The molecular formula is C22H21N5O4. The molecule has 0 aliphatic carbocycles. The average Bonchev–Trinajstić information content (AvgIpc) is 3.44. The molecule has 158 valence electrons. The quantitative estimate of drug-likeness (QED) is 0.428. The second-order valence-electron chi connectivity index (χ2n) is 7.36. The van der Waals surface area contributed by atoms with E-state index < -0.39 is 5.97 Å². The Kier molecular flexibility index (Phi) is 5.74. The van der Waals surface area contributed by atoms with E-state index >= 15 is 0 Å². The van der Waals surface area contributed by atoms with Crippen LogP contribution in [-0.2, 0) is 4.79 Å². The molecule has 2 N–H and O–H groups in total. The predicted molar refractivity (Wildman–Crippen MR) is 113 cm³/mol. The van der Waals surface area contributed by atoms with Gasteiger partial charge in [0.2, 0.25) is 0 Å². The molecule has 0 amide bonds. The van der Waals surface area contributed by atoms with Crippen LogP contribution in [0.3, 0.4) is 0 Å². The third kappa shape index (κ3) is 4.61. The Morgan fingerprint density at radius 3 is 2.35 bits per heavy atom. The number of carboxylic acids is 1. The van der Waals surface area contributed by atoms with Crippen LogP contribution in [-0.4, -0.2) is 37.1 Å². The summed E-state index contributed by atoms with van der Waals surface area (Å²) in [6.07, 6.45) is 7.70. The number of anilines is 1. The molecule has 4 rings (SSSR count). The van der Waals surface area contributed by atoms with Gasteiger partial charge < -0.3 is 19.3 Å². The number of oxazole rings is 2. The van der Waals surface area contributed by atoms with Crippen LogP contribution in [0.15, 0.2) is 64.4 Å². The van der Waals surface area contributed by atoms with Crippen LogP contribution in [0.25, 0.3) is 33.9 Å². The summed E-state index contributed by atoms with van der Waals surface area (Å²) in [5.74, 6) is 0.335. The van der Waals surface area contributed by atoms with Crippen molar-refractivity contribution in [2.45, 2.75) is 26.3 Å². The Balaban J connectivity index is 1.71. The lowest BCUT2D eigenvalue weighted by Gasteiger charge is -2.19. The van der Waals surface area contributed by atoms with E-state index in [1.54, 1.807) is 18.6 Å². The molecule has 3 heterocycles. The third-order valence-electron chi connectivity index (χ3n) is 4.83. The van der Waals surface area contributed by atoms with E-state index in [4.69, 9.17) is 8.83 Å². The van der Waals surface area contributed by atoms with Crippen molar-refractivity contribution in [1.29, 1.82) is 0 Å². The molecule has 0 bridgehead atoms. The molecule has 31 heavy (non-hydrogen) atoms. The topological polar surface area (TPSA) is 127 Å². The Morgan fingerprint density at radius 2 is 1.74 bits per heavy atom. The van der Waals surface area contributed by atoms with Gasteiger partial charge in [0, 0.05) is 29.6 Å². The Hall–Kier alpha value is -4.01. The summed E-state index contributed by atoms with van der Waals surface area (Å²) >= 11 is 0. The van der Waals surface area contributed by atoms with Crippen LogP contribution < -0.4 is 5.32 Å². The summed E-state index contributed by atoms with van der Waals surface area (Å²) in [7, 11) is 0. The lowest BCUT2D eigenvalue weighted by atomic mass is 10.0. The molecule has 0 aliphatic rings. The fourth-order valence-corrected chi connectivity index (χ4v) is 3.14. The van der Waals surface area contributed by atoms with Gasteiger partial charge in [-0.3, -0.25) is 4.79 Å². The first-order valence-electron chi connectivity index (χ1n) is 9.75. The zero-order valence-corrected chi connectivity index (χ0v) is 17.0. The SMILES string of the molecule is CC(C)C(CC(=O)O)Nc1nc(-c2ccc(-c3cnco3)cc2)c(-c2cncnc2)o1. The zero-order valence-electron chi connectivity index (χ0n) is 17.0. The monoisotopic (exact) mass is 419 g/mol. The first-order chi connectivity index (χ1) is 15.0. The van der Waals surface area contributed by atoms with E-state index in [9.17, 15) is 9.90 Å². The molecule has 0 radical (unpaired) electrons. The normalized spacial score (nSPS) is 12.1. The highest BCUT2D eigenvalue weighted by Crippen LogP contribution is 2.35. The first kappa shape index (κ1) is 20.3. The largest absolute Gasteiger partial charge is 0.481 e. The van der Waals surface area contributed by atoms with E-state index in [-0.39, 0.29) is 24.4 Å². The molecule has 9 heteroatoms. The van der Waals surface area contributed by atoms with Gasteiger partial charge in [0.15, 0.2) is 17.9 Å². The van der Waals surface area contributed by atoms with Gasteiger partial charge in [-0.15, -0.1) is 0 Å². The number of hydrogen-bond donors (Lipinski definition) is 2. The predicted octanol–water partition coefficient (Wildman–Crippen LogP) is 4.36. The van der Waals surface area contributed by atoms with Crippen molar-refractivity contribution >= 4 is 12.0 Å². The number of carboxylic acid groups (broad SMARTS) is 1. The summed E-state index contributed by atoms with van der Waals surface area (Å²) in [5.41, 5.74) is 2.96. The number of nitrogens with zero attached hydrogens (tertiary/aromatic N) is 4. The molecule has 3 aromatic heterocycles. The molecule has 1 aromatic carbocycles. The second-order valence-corrected chi connectivity index (χ2v) is 7.36. The third-order valence-corrected chi connectivity index (χ3v) is 4.83. The van der Waals surface area contributed by atoms with Gasteiger partial charge in [-0.2, -0.15) is 4.98 Å². The van der Waals surface area contributed by atoms with Crippen LogP contribution >= 0.6 is 0 Å². The fraction of sp³-hybridized carbons (Fsp3) is 0.227. The minimum Gasteiger partial charge on any atom is -0.481 e. The summed E-state index contributed by atoms with van der Waals surface area (Å²) < 4.78 is 11.3. The number of aromatic nitrogens is 4. The lowest BCUT2D eigenvalue weighted by molar-refractivity contribution is -0.137. The number of benzene rings is 1. The van der Waals surface area contributed by atoms with Crippen LogP contribution in [0, 0.1) is 5.92 Å².